The fraction of sp³-hybridized carbons (Fsp3) is 0.385. The molecular formula is C26H28FN3O2. The van der Waals surface area contributed by atoms with Crippen molar-refractivity contribution in [1.82, 2.24) is 15.2 Å². The van der Waals surface area contributed by atoms with Crippen LogP contribution in [0, 0.1) is 5.82 Å². The molecule has 5 rings (SSSR count). The van der Waals surface area contributed by atoms with Gasteiger partial charge in [0.2, 0.25) is 11.8 Å². The van der Waals surface area contributed by atoms with E-state index in [0.717, 1.165) is 41.3 Å². The number of H-pyrrole nitrogens is 1. The Balaban J connectivity index is 1.44. The van der Waals surface area contributed by atoms with Crippen molar-refractivity contribution in [1.29, 1.82) is 0 Å². The quantitative estimate of drug-likeness (QED) is 0.650. The van der Waals surface area contributed by atoms with Crippen LogP contribution >= 0.6 is 0 Å². The Bertz CT molecular complexity index is 1140. The molecule has 2 aliphatic heterocycles. The third kappa shape index (κ3) is 4.14. The van der Waals surface area contributed by atoms with Gasteiger partial charge in [0.15, 0.2) is 0 Å². The second kappa shape index (κ2) is 8.77. The molecule has 6 heteroatoms. The number of fused-ring (bicyclic) bond motifs is 2. The largest absolute Gasteiger partial charge is 0.361 e. The van der Waals surface area contributed by atoms with E-state index in [9.17, 15) is 14.0 Å². The zero-order valence-electron chi connectivity index (χ0n) is 18.0. The van der Waals surface area contributed by atoms with Crippen molar-refractivity contribution in [3.8, 4) is 0 Å². The molecule has 32 heavy (non-hydrogen) atoms. The first-order valence-corrected chi connectivity index (χ1v) is 11.5. The molecule has 166 valence electrons. The fourth-order valence-corrected chi connectivity index (χ4v) is 5.48. The van der Waals surface area contributed by atoms with Crippen LogP contribution in [-0.2, 0) is 22.4 Å². The lowest BCUT2D eigenvalue weighted by Gasteiger charge is -2.33. The molecule has 2 N–H and O–H groups in total. The third-order valence-corrected chi connectivity index (χ3v) is 6.91. The number of nitrogens with one attached hydrogen (secondary N) is 2. The minimum absolute atomic E-state index is 0.0180. The zero-order chi connectivity index (χ0) is 22.1. The predicted octanol–water partition coefficient (Wildman–Crippen LogP) is 4.12. The van der Waals surface area contributed by atoms with Crippen LogP contribution in [-0.4, -0.2) is 39.8 Å². The lowest BCUT2D eigenvalue weighted by Crippen LogP contribution is -2.49. The number of hydrogen-bond donors (Lipinski definition) is 2. The van der Waals surface area contributed by atoms with Gasteiger partial charge in [0.1, 0.15) is 5.82 Å². The topological polar surface area (TPSA) is 65.2 Å². The first-order valence-electron chi connectivity index (χ1n) is 11.5. The molecule has 2 amide bonds. The van der Waals surface area contributed by atoms with Gasteiger partial charge < -0.3 is 15.2 Å². The van der Waals surface area contributed by atoms with E-state index in [2.05, 4.69) is 10.3 Å². The summed E-state index contributed by atoms with van der Waals surface area (Å²) in [6, 6.07) is 14.5. The summed E-state index contributed by atoms with van der Waals surface area (Å²) in [5.41, 5.74) is 2.87. The Morgan fingerprint density at radius 1 is 1.12 bits per heavy atom. The van der Waals surface area contributed by atoms with Crippen molar-refractivity contribution >= 4 is 22.7 Å². The summed E-state index contributed by atoms with van der Waals surface area (Å²) in [5, 5.41) is 4.23. The van der Waals surface area contributed by atoms with Gasteiger partial charge in [-0.15, -0.1) is 0 Å². The van der Waals surface area contributed by atoms with Crippen LogP contribution in [0.4, 0.5) is 4.39 Å². The minimum Gasteiger partial charge on any atom is -0.361 e. The number of halogens is 1. The van der Waals surface area contributed by atoms with Crippen LogP contribution in [0.5, 0.6) is 0 Å². The molecule has 0 saturated carbocycles. The SMILES string of the molecule is O=C1CCCC[C@@H]2[C@H](C[C@@H](Cc3cccc(F)c3)N2C(=O)Cc2c[nH]c3ccccc23)N1. The first kappa shape index (κ1) is 20.7. The van der Waals surface area contributed by atoms with Crippen LogP contribution in [0.2, 0.25) is 0 Å². The lowest BCUT2D eigenvalue weighted by molar-refractivity contribution is -0.134. The van der Waals surface area contributed by atoms with E-state index in [1.165, 1.54) is 6.07 Å². The second-order valence-corrected chi connectivity index (χ2v) is 9.05. The molecule has 3 aromatic rings. The molecule has 1 aromatic heterocycles. The highest BCUT2D eigenvalue weighted by atomic mass is 19.1. The standard InChI is InChI=1S/C26H28FN3O2/c27-19-7-5-6-17(12-19)13-20-15-23-24(10-3-4-11-25(31)29-23)30(20)26(32)14-18-16-28-22-9-2-1-8-21(18)22/h1-2,5-9,12,16,20,23-24,28H,3-4,10-11,13-15H2,(H,29,31)/t20-,23+,24-/m1/s1. The van der Waals surface area contributed by atoms with E-state index in [1.807, 2.05) is 41.4 Å². The van der Waals surface area contributed by atoms with Gasteiger partial charge in [-0.3, -0.25) is 9.59 Å². The van der Waals surface area contributed by atoms with Crippen LogP contribution < -0.4 is 5.32 Å². The van der Waals surface area contributed by atoms with Gasteiger partial charge in [0.25, 0.3) is 0 Å². The molecule has 3 atom stereocenters. The number of nitrogens with zero attached hydrogens (tertiary/aromatic N) is 1. The second-order valence-electron chi connectivity index (χ2n) is 9.05. The van der Waals surface area contributed by atoms with Crippen LogP contribution in [0.3, 0.4) is 0 Å². The molecule has 2 aliphatic rings. The molecule has 0 unspecified atom stereocenters. The normalized spacial score (nSPS) is 23.5. The predicted molar refractivity (Wildman–Crippen MR) is 122 cm³/mol. The summed E-state index contributed by atoms with van der Waals surface area (Å²) in [4.78, 5) is 31.2. The molecule has 2 saturated heterocycles. The maximum Gasteiger partial charge on any atom is 0.227 e. The molecule has 0 aliphatic carbocycles. The van der Waals surface area contributed by atoms with Gasteiger partial charge in [-0.2, -0.15) is 0 Å². The summed E-state index contributed by atoms with van der Waals surface area (Å²) in [7, 11) is 0. The number of benzene rings is 2. The number of likely N-dealkylation sites (tertiary alicyclic amines) is 1. The maximum absolute atomic E-state index is 13.8. The zero-order valence-corrected chi connectivity index (χ0v) is 18.0. The number of para-hydroxylation sites is 1. The van der Waals surface area contributed by atoms with Crippen LogP contribution in [0.25, 0.3) is 10.9 Å². The fourth-order valence-electron chi connectivity index (χ4n) is 5.48. The van der Waals surface area contributed by atoms with E-state index >= 15 is 0 Å². The van der Waals surface area contributed by atoms with Crippen molar-refractivity contribution < 1.29 is 14.0 Å². The Morgan fingerprint density at radius 3 is 2.88 bits per heavy atom. The average molecular weight is 434 g/mol. The van der Waals surface area contributed by atoms with E-state index < -0.39 is 0 Å². The highest BCUT2D eigenvalue weighted by molar-refractivity contribution is 5.89. The Morgan fingerprint density at radius 2 is 2.00 bits per heavy atom. The number of carbonyl (C=O) groups is 2. The van der Waals surface area contributed by atoms with Crippen molar-refractivity contribution in [3.63, 3.8) is 0 Å². The van der Waals surface area contributed by atoms with Crippen molar-refractivity contribution in [2.45, 2.75) is 63.1 Å². The number of hydrogen-bond acceptors (Lipinski definition) is 2. The summed E-state index contributed by atoms with van der Waals surface area (Å²) < 4.78 is 13.8. The maximum atomic E-state index is 13.8. The molecule has 0 radical (unpaired) electrons. The number of aromatic nitrogens is 1. The van der Waals surface area contributed by atoms with Gasteiger partial charge in [0, 0.05) is 29.6 Å². The lowest BCUT2D eigenvalue weighted by atomic mass is 9.97. The Kier molecular flexibility index (Phi) is 5.68. The number of amides is 2. The Hall–Kier alpha value is -3.15. The summed E-state index contributed by atoms with van der Waals surface area (Å²) >= 11 is 0. The summed E-state index contributed by atoms with van der Waals surface area (Å²) in [6.07, 6.45) is 6.70. The van der Waals surface area contributed by atoms with Gasteiger partial charge in [-0.25, -0.2) is 4.39 Å². The molecule has 3 heterocycles. The smallest absolute Gasteiger partial charge is 0.227 e. The first-order chi connectivity index (χ1) is 15.6. The minimum atomic E-state index is -0.267. The molecule has 0 bridgehead atoms. The van der Waals surface area contributed by atoms with Gasteiger partial charge in [0.05, 0.1) is 18.5 Å². The summed E-state index contributed by atoms with van der Waals surface area (Å²) in [5.74, 6) is -0.134. The highest BCUT2D eigenvalue weighted by Crippen LogP contribution is 2.33. The van der Waals surface area contributed by atoms with Crippen molar-refractivity contribution in [2.75, 3.05) is 0 Å². The number of aromatic amines is 1. The molecule has 2 fully saturated rings. The van der Waals surface area contributed by atoms with Gasteiger partial charge >= 0.3 is 0 Å². The van der Waals surface area contributed by atoms with E-state index in [-0.39, 0.29) is 35.8 Å². The molecule has 5 nitrogen and oxygen atoms in total. The van der Waals surface area contributed by atoms with E-state index in [4.69, 9.17) is 0 Å². The number of rotatable bonds is 4. The highest BCUT2D eigenvalue weighted by Gasteiger charge is 2.44. The number of carbonyl (C=O) groups excluding carboxylic acids is 2. The molecular weight excluding hydrogens is 405 g/mol. The molecule has 0 spiro atoms. The van der Waals surface area contributed by atoms with E-state index in [0.29, 0.717) is 25.7 Å². The van der Waals surface area contributed by atoms with Gasteiger partial charge in [-0.05, 0) is 55.0 Å². The van der Waals surface area contributed by atoms with Crippen molar-refractivity contribution in [2.24, 2.45) is 0 Å². The van der Waals surface area contributed by atoms with E-state index in [1.54, 1.807) is 12.1 Å². The van der Waals surface area contributed by atoms with Crippen LogP contribution in [0.15, 0.2) is 54.7 Å². The average Bonchev–Trinajstić information content (AvgIpc) is 3.31. The summed E-state index contributed by atoms with van der Waals surface area (Å²) in [6.45, 7) is 0. The third-order valence-electron chi connectivity index (χ3n) is 6.91. The monoisotopic (exact) mass is 433 g/mol. The van der Waals surface area contributed by atoms with Gasteiger partial charge in [-0.1, -0.05) is 36.8 Å². The van der Waals surface area contributed by atoms with Crippen LogP contribution in [0.1, 0.15) is 43.2 Å². The van der Waals surface area contributed by atoms with Crippen molar-refractivity contribution in [3.05, 3.63) is 71.7 Å². The Labute approximate surface area is 187 Å². The molecule has 2 aromatic carbocycles.